The van der Waals surface area contributed by atoms with Gasteiger partial charge < -0.3 is 4.74 Å². The van der Waals surface area contributed by atoms with Gasteiger partial charge in [0.2, 0.25) is 10.0 Å². The number of para-hydroxylation sites is 1. The quantitative estimate of drug-likeness (QED) is 0.688. The van der Waals surface area contributed by atoms with E-state index in [0.717, 1.165) is 16.3 Å². The summed E-state index contributed by atoms with van der Waals surface area (Å²) in [6.07, 6.45) is 0. The number of benzene rings is 3. The monoisotopic (exact) mass is 355 g/mol. The zero-order chi connectivity index (χ0) is 18.0. The van der Waals surface area contributed by atoms with Crippen LogP contribution in [0, 0.1) is 0 Å². The van der Waals surface area contributed by atoms with E-state index in [0.29, 0.717) is 5.75 Å². The molecular formula is C20H21NO3S. The third kappa shape index (κ3) is 3.25. The molecule has 3 aromatic carbocycles. The number of methoxy groups -OCH3 is 1. The minimum Gasteiger partial charge on any atom is -0.496 e. The Morgan fingerprint density at radius 1 is 0.920 bits per heavy atom. The van der Waals surface area contributed by atoms with Gasteiger partial charge in [-0.25, -0.2) is 8.42 Å². The van der Waals surface area contributed by atoms with Crippen LogP contribution in [0.2, 0.25) is 0 Å². The summed E-state index contributed by atoms with van der Waals surface area (Å²) < 4.78 is 32.9. The van der Waals surface area contributed by atoms with E-state index in [1.807, 2.05) is 61.5 Å². The molecule has 0 aliphatic heterocycles. The molecule has 0 saturated carbocycles. The Morgan fingerprint density at radius 3 is 2.28 bits per heavy atom. The van der Waals surface area contributed by atoms with Crippen LogP contribution in [0.25, 0.3) is 10.8 Å². The van der Waals surface area contributed by atoms with Gasteiger partial charge in [0.1, 0.15) is 5.75 Å². The van der Waals surface area contributed by atoms with Crippen molar-refractivity contribution < 1.29 is 13.2 Å². The molecule has 0 aliphatic rings. The molecule has 1 unspecified atom stereocenters. The second-order valence-corrected chi connectivity index (χ2v) is 7.95. The molecule has 3 rings (SSSR count). The van der Waals surface area contributed by atoms with Crippen molar-refractivity contribution in [2.75, 3.05) is 14.2 Å². The zero-order valence-electron chi connectivity index (χ0n) is 14.5. The highest BCUT2D eigenvalue weighted by atomic mass is 32.2. The van der Waals surface area contributed by atoms with Crippen molar-refractivity contribution in [3.8, 4) is 5.75 Å². The number of rotatable bonds is 5. The summed E-state index contributed by atoms with van der Waals surface area (Å²) in [6, 6.07) is 20.0. The number of nitrogens with zero attached hydrogens (tertiary/aromatic N) is 1. The Bertz CT molecular complexity index is 999. The van der Waals surface area contributed by atoms with Crippen molar-refractivity contribution in [2.24, 2.45) is 0 Å². The Hall–Kier alpha value is -2.37. The van der Waals surface area contributed by atoms with Gasteiger partial charge in [-0.3, -0.25) is 0 Å². The van der Waals surface area contributed by atoms with E-state index in [1.54, 1.807) is 26.3 Å². The highest BCUT2D eigenvalue weighted by Gasteiger charge is 2.28. The smallest absolute Gasteiger partial charge is 0.243 e. The molecule has 0 N–H and O–H groups in total. The second kappa shape index (κ2) is 6.86. The van der Waals surface area contributed by atoms with E-state index >= 15 is 0 Å². The van der Waals surface area contributed by atoms with Crippen LogP contribution in [0.5, 0.6) is 5.75 Å². The molecule has 0 heterocycles. The van der Waals surface area contributed by atoms with Crippen LogP contribution in [0.15, 0.2) is 71.6 Å². The lowest BCUT2D eigenvalue weighted by Gasteiger charge is -2.26. The van der Waals surface area contributed by atoms with Gasteiger partial charge in [-0.15, -0.1) is 0 Å². The predicted molar refractivity (Wildman–Crippen MR) is 100 cm³/mol. The van der Waals surface area contributed by atoms with Crippen LogP contribution < -0.4 is 4.74 Å². The topological polar surface area (TPSA) is 46.6 Å². The van der Waals surface area contributed by atoms with Crippen molar-refractivity contribution in [2.45, 2.75) is 17.9 Å². The van der Waals surface area contributed by atoms with Gasteiger partial charge >= 0.3 is 0 Å². The maximum atomic E-state index is 13.1. The van der Waals surface area contributed by atoms with Crippen molar-refractivity contribution in [3.05, 3.63) is 72.3 Å². The number of hydrogen-bond acceptors (Lipinski definition) is 3. The van der Waals surface area contributed by atoms with E-state index < -0.39 is 10.0 Å². The first-order valence-electron chi connectivity index (χ1n) is 8.05. The maximum Gasteiger partial charge on any atom is 0.243 e. The molecule has 0 aliphatic carbocycles. The second-order valence-electron chi connectivity index (χ2n) is 5.95. The molecule has 0 saturated heterocycles. The Morgan fingerprint density at radius 2 is 1.56 bits per heavy atom. The lowest BCUT2D eigenvalue weighted by atomic mass is 10.1. The molecule has 0 fully saturated rings. The average Bonchev–Trinajstić information content (AvgIpc) is 2.66. The van der Waals surface area contributed by atoms with E-state index in [-0.39, 0.29) is 10.9 Å². The fourth-order valence-corrected chi connectivity index (χ4v) is 4.29. The number of sulfonamides is 1. The molecule has 130 valence electrons. The zero-order valence-corrected chi connectivity index (χ0v) is 15.3. The van der Waals surface area contributed by atoms with Gasteiger partial charge in [0.15, 0.2) is 0 Å². The summed E-state index contributed by atoms with van der Waals surface area (Å²) in [5, 5.41) is 1.92. The van der Waals surface area contributed by atoms with Crippen LogP contribution in [-0.2, 0) is 10.0 Å². The van der Waals surface area contributed by atoms with Gasteiger partial charge in [0.05, 0.1) is 18.0 Å². The first kappa shape index (κ1) is 17.5. The summed E-state index contributed by atoms with van der Waals surface area (Å²) in [6.45, 7) is 1.86. The molecule has 3 aromatic rings. The normalized spacial score (nSPS) is 13.1. The van der Waals surface area contributed by atoms with Crippen LogP contribution in [0.1, 0.15) is 18.5 Å². The van der Waals surface area contributed by atoms with E-state index in [9.17, 15) is 8.42 Å². The Balaban J connectivity index is 2.00. The number of fused-ring (bicyclic) bond motifs is 1. The van der Waals surface area contributed by atoms with Gasteiger partial charge in [-0.1, -0.05) is 48.5 Å². The molecule has 0 bridgehead atoms. The first-order valence-corrected chi connectivity index (χ1v) is 9.49. The molecule has 0 amide bonds. The SMILES string of the molecule is COc1ccccc1C(C)N(C)S(=O)(=O)c1ccc2ccccc2c1. The third-order valence-corrected chi connectivity index (χ3v) is 6.46. The fraction of sp³-hybridized carbons (Fsp3) is 0.200. The van der Waals surface area contributed by atoms with Crippen LogP contribution in [0.4, 0.5) is 0 Å². The van der Waals surface area contributed by atoms with Gasteiger partial charge in [0, 0.05) is 12.6 Å². The average molecular weight is 355 g/mol. The highest BCUT2D eigenvalue weighted by Crippen LogP contribution is 2.32. The molecule has 25 heavy (non-hydrogen) atoms. The summed E-state index contributed by atoms with van der Waals surface area (Å²) in [4.78, 5) is 0.287. The molecular weight excluding hydrogens is 334 g/mol. The van der Waals surface area contributed by atoms with Crippen molar-refractivity contribution in [1.29, 1.82) is 0 Å². The highest BCUT2D eigenvalue weighted by molar-refractivity contribution is 7.89. The third-order valence-electron chi connectivity index (χ3n) is 4.53. The lowest BCUT2D eigenvalue weighted by molar-refractivity contribution is 0.367. The largest absolute Gasteiger partial charge is 0.496 e. The summed E-state index contributed by atoms with van der Waals surface area (Å²) in [5.74, 6) is 0.676. The summed E-state index contributed by atoms with van der Waals surface area (Å²) in [5.41, 5.74) is 0.830. The molecule has 1 atom stereocenters. The van der Waals surface area contributed by atoms with Gasteiger partial charge in [-0.05, 0) is 35.9 Å². The molecule has 4 nitrogen and oxygen atoms in total. The number of ether oxygens (including phenoxy) is 1. The Kier molecular flexibility index (Phi) is 4.79. The van der Waals surface area contributed by atoms with Gasteiger partial charge in [-0.2, -0.15) is 4.31 Å². The van der Waals surface area contributed by atoms with Crippen LogP contribution in [-0.4, -0.2) is 26.9 Å². The summed E-state index contributed by atoms with van der Waals surface area (Å²) >= 11 is 0. The van der Waals surface area contributed by atoms with Crippen LogP contribution >= 0.6 is 0 Å². The standard InChI is InChI=1S/C20H21NO3S/c1-15(19-10-6-7-11-20(19)24-3)21(2)25(22,23)18-13-12-16-8-4-5-9-17(16)14-18/h4-15H,1-3H3. The fourth-order valence-electron chi connectivity index (χ4n) is 2.91. The van der Waals surface area contributed by atoms with E-state index in [1.165, 1.54) is 4.31 Å². The van der Waals surface area contributed by atoms with E-state index in [4.69, 9.17) is 4.74 Å². The lowest BCUT2D eigenvalue weighted by Crippen LogP contribution is -2.30. The van der Waals surface area contributed by atoms with Crippen molar-refractivity contribution in [1.82, 2.24) is 4.31 Å². The van der Waals surface area contributed by atoms with Gasteiger partial charge in [0.25, 0.3) is 0 Å². The molecule has 0 aromatic heterocycles. The number of hydrogen-bond donors (Lipinski definition) is 0. The predicted octanol–water partition coefficient (Wildman–Crippen LogP) is 4.23. The molecule has 0 radical (unpaired) electrons. The molecule has 0 spiro atoms. The summed E-state index contributed by atoms with van der Waals surface area (Å²) in [7, 11) is -0.439. The van der Waals surface area contributed by atoms with Crippen molar-refractivity contribution in [3.63, 3.8) is 0 Å². The minimum absolute atomic E-state index is 0.287. The van der Waals surface area contributed by atoms with Crippen molar-refractivity contribution >= 4 is 20.8 Å². The van der Waals surface area contributed by atoms with E-state index in [2.05, 4.69) is 0 Å². The minimum atomic E-state index is -3.63. The Labute approximate surface area is 148 Å². The molecule has 5 heteroatoms. The first-order chi connectivity index (χ1) is 11.9. The van der Waals surface area contributed by atoms with Crippen LogP contribution in [0.3, 0.4) is 0 Å². The maximum absolute atomic E-state index is 13.1.